The first-order chi connectivity index (χ1) is 34.1. The van der Waals surface area contributed by atoms with Crippen molar-refractivity contribution in [2.75, 3.05) is 0 Å². The molecule has 3 nitrogen and oxygen atoms in total. The van der Waals surface area contributed by atoms with Gasteiger partial charge in [0, 0.05) is 55.0 Å². The third-order valence-electron chi connectivity index (χ3n) is 16.0. The van der Waals surface area contributed by atoms with Crippen LogP contribution in [-0.2, 0) is 0 Å². The van der Waals surface area contributed by atoms with Crippen LogP contribution >= 0.6 is 0 Å². The van der Waals surface area contributed by atoms with E-state index < -0.39 is 0 Å². The Balaban J connectivity index is 1.14. The average molecular weight is 878 g/mol. The SMILES string of the molecule is Cc1c2ccccc2c(C)c2cc3c(cc12)B1c2c(cc4c(oc5ccccc54)c2-c2cc4c5ccccc5oc4c4c5ccccc5n1c24)C3c1cc(-c2ccccc2)cc(-c2ccccc2)c1. The molecule has 0 amide bonds. The second kappa shape index (κ2) is 13.5. The number of aromatic nitrogens is 1. The smallest absolute Gasteiger partial charge is 0.329 e. The van der Waals surface area contributed by atoms with Crippen molar-refractivity contribution in [1.29, 1.82) is 0 Å². The molecule has 14 aromatic rings. The molecule has 0 radical (unpaired) electrons. The summed E-state index contributed by atoms with van der Waals surface area (Å²) in [6, 6.07) is 74.3. The van der Waals surface area contributed by atoms with Gasteiger partial charge in [-0.3, -0.25) is 0 Å². The number of rotatable bonds is 3. The van der Waals surface area contributed by atoms with E-state index in [0.29, 0.717) is 0 Å². The van der Waals surface area contributed by atoms with Crippen molar-refractivity contribution in [2.24, 2.45) is 0 Å². The summed E-state index contributed by atoms with van der Waals surface area (Å²) in [7, 11) is 0. The Morgan fingerprint density at radius 3 is 1.59 bits per heavy atom. The van der Waals surface area contributed by atoms with Crippen LogP contribution in [0.3, 0.4) is 0 Å². The van der Waals surface area contributed by atoms with Gasteiger partial charge in [-0.25, -0.2) is 0 Å². The zero-order valence-corrected chi connectivity index (χ0v) is 38.0. The zero-order valence-electron chi connectivity index (χ0n) is 38.0. The summed E-state index contributed by atoms with van der Waals surface area (Å²) in [6.07, 6.45) is 0. The van der Waals surface area contributed by atoms with Gasteiger partial charge in [0.15, 0.2) is 0 Å². The first-order valence-electron chi connectivity index (χ1n) is 24.1. The highest BCUT2D eigenvalue weighted by atomic mass is 16.3. The van der Waals surface area contributed by atoms with Gasteiger partial charge < -0.3 is 13.3 Å². The molecule has 320 valence electrons. The number of nitrogens with zero attached hydrogens (tertiary/aromatic N) is 1. The molecule has 0 bridgehead atoms. The van der Waals surface area contributed by atoms with Crippen molar-refractivity contribution in [3.63, 3.8) is 0 Å². The molecule has 2 aliphatic heterocycles. The molecule has 0 saturated carbocycles. The number of para-hydroxylation sites is 3. The molecule has 1 atom stereocenters. The Bertz CT molecular complexity index is 4510. The van der Waals surface area contributed by atoms with Crippen LogP contribution in [0, 0.1) is 13.8 Å². The molecule has 0 fully saturated rings. The van der Waals surface area contributed by atoms with Crippen LogP contribution in [0.5, 0.6) is 0 Å². The Kier molecular flexibility index (Phi) is 7.35. The molecule has 69 heavy (non-hydrogen) atoms. The van der Waals surface area contributed by atoms with E-state index in [0.717, 1.165) is 49.3 Å². The normalized spacial score (nSPS) is 14.1. The summed E-state index contributed by atoms with van der Waals surface area (Å²) in [5.74, 6) is -0.123. The van der Waals surface area contributed by atoms with Crippen molar-refractivity contribution in [3.8, 4) is 33.4 Å². The van der Waals surface area contributed by atoms with Gasteiger partial charge in [0.25, 0.3) is 0 Å². The highest BCUT2D eigenvalue weighted by molar-refractivity contribution is 6.89. The predicted octanol–water partition coefficient (Wildman–Crippen LogP) is 16.0. The fraction of sp³-hybridized carbons (Fsp3) is 0.0462. The van der Waals surface area contributed by atoms with Gasteiger partial charge in [-0.1, -0.05) is 164 Å². The monoisotopic (exact) mass is 877 g/mol. The van der Waals surface area contributed by atoms with Crippen LogP contribution in [-0.4, -0.2) is 11.3 Å². The molecule has 4 heteroatoms. The number of furan rings is 2. The van der Waals surface area contributed by atoms with Crippen molar-refractivity contribution in [3.05, 3.63) is 228 Å². The first-order valence-corrected chi connectivity index (χ1v) is 24.1. The van der Waals surface area contributed by atoms with E-state index in [2.05, 4.69) is 219 Å². The van der Waals surface area contributed by atoms with Crippen LogP contribution in [0.1, 0.15) is 33.7 Å². The lowest BCUT2D eigenvalue weighted by atomic mass is 9.41. The third kappa shape index (κ3) is 4.92. The third-order valence-corrected chi connectivity index (χ3v) is 16.0. The van der Waals surface area contributed by atoms with E-state index in [1.165, 1.54) is 110 Å². The number of aryl methyl sites for hydroxylation is 2. The van der Waals surface area contributed by atoms with Gasteiger partial charge in [-0.2, -0.15) is 0 Å². The van der Waals surface area contributed by atoms with Crippen molar-refractivity contribution in [2.45, 2.75) is 19.8 Å². The molecular weight excluding hydrogens is 838 g/mol. The lowest BCUT2D eigenvalue weighted by Crippen LogP contribution is -2.57. The molecule has 5 heterocycles. The predicted molar refractivity (Wildman–Crippen MR) is 289 cm³/mol. The average Bonchev–Trinajstić information content (AvgIpc) is 4.09. The Labute approximate surface area is 397 Å². The Morgan fingerprint density at radius 2 is 0.942 bits per heavy atom. The quantitative estimate of drug-likeness (QED) is 0.131. The van der Waals surface area contributed by atoms with Crippen LogP contribution in [0.15, 0.2) is 209 Å². The molecule has 2 aliphatic rings. The van der Waals surface area contributed by atoms with Crippen LogP contribution in [0.2, 0.25) is 0 Å². The number of hydrogen-bond acceptors (Lipinski definition) is 2. The summed E-state index contributed by atoms with van der Waals surface area (Å²) in [5, 5.41) is 12.1. The largest absolute Gasteiger partial charge is 0.455 e. The molecule has 0 spiro atoms. The number of benzene rings is 11. The van der Waals surface area contributed by atoms with E-state index in [-0.39, 0.29) is 12.8 Å². The number of fused-ring (bicyclic) bond motifs is 17. The van der Waals surface area contributed by atoms with Gasteiger partial charge in [0.1, 0.15) is 22.3 Å². The van der Waals surface area contributed by atoms with Crippen molar-refractivity contribution >= 4 is 105 Å². The zero-order chi connectivity index (χ0) is 45.2. The van der Waals surface area contributed by atoms with Gasteiger partial charge in [0.2, 0.25) is 0 Å². The lowest BCUT2D eigenvalue weighted by Gasteiger charge is -2.39. The second-order valence-corrected chi connectivity index (χ2v) is 19.5. The molecular formula is C65H40BNO2. The minimum atomic E-state index is -0.169. The molecule has 0 aliphatic carbocycles. The minimum Gasteiger partial charge on any atom is -0.455 e. The van der Waals surface area contributed by atoms with Gasteiger partial charge in [-0.05, 0) is 133 Å². The van der Waals surface area contributed by atoms with Crippen LogP contribution in [0.25, 0.3) is 121 Å². The highest BCUT2D eigenvalue weighted by Gasteiger charge is 2.46. The number of hydrogen-bond donors (Lipinski definition) is 0. The van der Waals surface area contributed by atoms with Gasteiger partial charge in [-0.15, -0.1) is 0 Å². The van der Waals surface area contributed by atoms with E-state index in [1.807, 2.05) is 0 Å². The molecule has 1 unspecified atom stereocenters. The summed E-state index contributed by atoms with van der Waals surface area (Å²) in [4.78, 5) is 0. The summed E-state index contributed by atoms with van der Waals surface area (Å²) in [6.45, 7) is 4.47. The highest BCUT2D eigenvalue weighted by Crippen LogP contribution is 2.52. The fourth-order valence-electron chi connectivity index (χ4n) is 13.0. The second-order valence-electron chi connectivity index (χ2n) is 19.5. The van der Waals surface area contributed by atoms with Crippen molar-refractivity contribution < 1.29 is 8.83 Å². The maximum Gasteiger partial charge on any atom is 0.329 e. The lowest BCUT2D eigenvalue weighted by molar-refractivity contribution is 0.669. The van der Waals surface area contributed by atoms with Gasteiger partial charge in [0.05, 0.1) is 5.39 Å². The van der Waals surface area contributed by atoms with E-state index in [9.17, 15) is 0 Å². The molecule has 0 N–H and O–H groups in total. The summed E-state index contributed by atoms with van der Waals surface area (Å²) >= 11 is 0. The van der Waals surface area contributed by atoms with Gasteiger partial charge >= 0.3 is 6.85 Å². The topological polar surface area (TPSA) is 31.2 Å². The van der Waals surface area contributed by atoms with Crippen molar-refractivity contribution in [1.82, 2.24) is 4.48 Å². The van der Waals surface area contributed by atoms with E-state index in [1.54, 1.807) is 0 Å². The van der Waals surface area contributed by atoms with E-state index >= 15 is 0 Å². The standard InChI is InChI=1S/C65H40BNO2/c1-36-43-21-9-10-22-44(43)37(2)49-35-55-52(32-48(36)49)59(42-30-40(38-17-5-3-6-18-38)29-41(31-42)39-19-7-4-8-20-39)53-33-50-45-23-12-15-27-57(45)68-64(50)60-54-34-51-46-24-13-16-28-58(46)69-65(51)61-47-25-11-14-26-56(47)67(63(54)61)66(55)62(53)60/h3-35,59H,1-2H3. The fourth-order valence-corrected chi connectivity index (χ4v) is 13.0. The van der Waals surface area contributed by atoms with Crippen LogP contribution in [0.4, 0.5) is 0 Å². The summed E-state index contributed by atoms with van der Waals surface area (Å²) < 4.78 is 16.9. The summed E-state index contributed by atoms with van der Waals surface area (Å²) in [5.41, 5.74) is 22.4. The minimum absolute atomic E-state index is 0.123. The molecule has 0 saturated heterocycles. The Morgan fingerprint density at radius 1 is 0.420 bits per heavy atom. The molecule has 11 aromatic carbocycles. The molecule has 16 rings (SSSR count). The van der Waals surface area contributed by atoms with E-state index in [4.69, 9.17) is 8.83 Å². The first kappa shape index (κ1) is 37.5. The maximum absolute atomic E-state index is 7.23. The Hall–Kier alpha value is -8.60. The van der Waals surface area contributed by atoms with Crippen LogP contribution < -0.4 is 10.9 Å². The maximum atomic E-state index is 7.23. The molecule has 3 aromatic heterocycles.